The summed E-state index contributed by atoms with van der Waals surface area (Å²) >= 11 is 0. The molecular weight excluding hydrogens is 266 g/mol. The van der Waals surface area contributed by atoms with Gasteiger partial charge in [-0.2, -0.15) is 0 Å². The lowest BCUT2D eigenvalue weighted by Crippen LogP contribution is -2.53. The molecule has 124 valence electrons. The first kappa shape index (κ1) is 18.4. The molecule has 0 aromatic heterocycles. The Labute approximate surface area is 129 Å². The van der Waals surface area contributed by atoms with Crippen molar-refractivity contribution in [3.05, 3.63) is 0 Å². The highest BCUT2D eigenvalue weighted by Crippen LogP contribution is 2.18. The van der Waals surface area contributed by atoms with E-state index in [9.17, 15) is 4.79 Å². The van der Waals surface area contributed by atoms with E-state index in [2.05, 4.69) is 24.1 Å². The van der Waals surface area contributed by atoms with Crippen molar-refractivity contribution in [2.24, 2.45) is 17.1 Å². The average molecular weight is 299 g/mol. The van der Waals surface area contributed by atoms with Crippen molar-refractivity contribution in [1.29, 1.82) is 0 Å². The van der Waals surface area contributed by atoms with E-state index in [0.29, 0.717) is 18.5 Å². The lowest BCUT2D eigenvalue weighted by atomic mass is 9.87. The largest absolute Gasteiger partial charge is 0.379 e. The number of hydrogen-bond acceptors (Lipinski definition) is 4. The smallest absolute Gasteiger partial charge is 0.237 e. The van der Waals surface area contributed by atoms with E-state index in [1.165, 1.54) is 0 Å². The lowest BCUT2D eigenvalue weighted by molar-refractivity contribution is -0.124. The molecule has 3 N–H and O–H groups in total. The van der Waals surface area contributed by atoms with E-state index >= 15 is 0 Å². The van der Waals surface area contributed by atoms with Crippen molar-refractivity contribution in [2.45, 2.75) is 53.1 Å². The second-order valence-electron chi connectivity index (χ2n) is 7.52. The Morgan fingerprint density at radius 2 is 1.86 bits per heavy atom. The Bertz CT molecular complexity index is 320. The van der Waals surface area contributed by atoms with E-state index in [4.69, 9.17) is 10.5 Å². The van der Waals surface area contributed by atoms with Crippen molar-refractivity contribution in [3.8, 4) is 0 Å². The van der Waals surface area contributed by atoms with Gasteiger partial charge in [0.25, 0.3) is 0 Å². The predicted octanol–water partition coefficient (Wildman–Crippen LogP) is 1.22. The number of rotatable bonds is 6. The van der Waals surface area contributed by atoms with Crippen LogP contribution in [-0.4, -0.2) is 55.7 Å². The maximum absolute atomic E-state index is 12.2. The van der Waals surface area contributed by atoms with Gasteiger partial charge in [-0.25, -0.2) is 0 Å². The van der Waals surface area contributed by atoms with E-state index in [0.717, 1.165) is 32.7 Å². The van der Waals surface area contributed by atoms with Crippen LogP contribution in [0, 0.1) is 11.3 Å². The first-order valence-corrected chi connectivity index (χ1v) is 8.07. The standard InChI is InChI=1S/C16H33N3O2/c1-12(2)10-13(19-6-8-21-9-7-19)11-18-15(20)14(17)16(3,4)5/h12-14H,6-11,17H2,1-5H3,(H,18,20)/t13?,14-/m0/s1. The second kappa shape index (κ2) is 8.11. The molecule has 1 amide bonds. The van der Waals surface area contributed by atoms with Gasteiger partial charge in [-0.15, -0.1) is 0 Å². The van der Waals surface area contributed by atoms with Crippen LogP contribution in [0.3, 0.4) is 0 Å². The highest BCUT2D eigenvalue weighted by atomic mass is 16.5. The van der Waals surface area contributed by atoms with E-state index in [1.807, 2.05) is 20.8 Å². The summed E-state index contributed by atoms with van der Waals surface area (Å²) < 4.78 is 5.41. The Balaban J connectivity index is 2.54. The predicted molar refractivity (Wildman–Crippen MR) is 86.1 cm³/mol. The Morgan fingerprint density at radius 3 is 2.33 bits per heavy atom. The van der Waals surface area contributed by atoms with Gasteiger partial charge < -0.3 is 15.8 Å². The van der Waals surface area contributed by atoms with Crippen molar-refractivity contribution in [2.75, 3.05) is 32.8 Å². The summed E-state index contributed by atoms with van der Waals surface area (Å²) in [6, 6.07) is -0.105. The molecule has 0 bridgehead atoms. The Kier molecular flexibility index (Phi) is 7.10. The normalized spacial score (nSPS) is 20.3. The molecule has 1 aliphatic rings. The fourth-order valence-electron chi connectivity index (χ4n) is 2.57. The SMILES string of the molecule is CC(C)CC(CNC(=O)[C@H](N)C(C)(C)C)N1CCOCC1. The number of nitrogens with two attached hydrogens (primary N) is 1. The van der Waals surface area contributed by atoms with Gasteiger partial charge in [0, 0.05) is 25.7 Å². The minimum Gasteiger partial charge on any atom is -0.379 e. The quantitative estimate of drug-likeness (QED) is 0.774. The molecule has 1 heterocycles. The number of carbonyl (C=O) groups excluding carboxylic acids is 1. The topological polar surface area (TPSA) is 67.6 Å². The summed E-state index contributed by atoms with van der Waals surface area (Å²) in [6.45, 7) is 14.5. The van der Waals surface area contributed by atoms with Crippen LogP contribution in [0.25, 0.3) is 0 Å². The first-order valence-electron chi connectivity index (χ1n) is 8.07. The summed E-state index contributed by atoms with van der Waals surface area (Å²) in [5.74, 6) is 0.551. The molecule has 5 heteroatoms. The van der Waals surface area contributed by atoms with Crippen molar-refractivity contribution in [3.63, 3.8) is 0 Å². The number of amides is 1. The molecule has 0 radical (unpaired) electrons. The fourth-order valence-corrected chi connectivity index (χ4v) is 2.57. The molecule has 5 nitrogen and oxygen atoms in total. The van der Waals surface area contributed by atoms with Crippen molar-refractivity contribution < 1.29 is 9.53 Å². The molecule has 2 atom stereocenters. The lowest BCUT2D eigenvalue weighted by Gasteiger charge is -2.36. The Hall–Kier alpha value is -0.650. The first-order chi connectivity index (χ1) is 9.71. The highest BCUT2D eigenvalue weighted by molar-refractivity contribution is 5.82. The monoisotopic (exact) mass is 299 g/mol. The molecule has 1 rings (SSSR count). The zero-order valence-electron chi connectivity index (χ0n) is 14.3. The van der Waals surface area contributed by atoms with Crippen LogP contribution in [0.1, 0.15) is 41.0 Å². The summed E-state index contributed by atoms with van der Waals surface area (Å²) in [5.41, 5.74) is 5.80. The van der Waals surface area contributed by atoms with Gasteiger partial charge in [0.05, 0.1) is 19.3 Å². The molecule has 1 aliphatic heterocycles. The van der Waals surface area contributed by atoms with Crippen LogP contribution in [0.15, 0.2) is 0 Å². The summed E-state index contributed by atoms with van der Waals surface area (Å²) in [4.78, 5) is 14.6. The Morgan fingerprint density at radius 1 is 1.29 bits per heavy atom. The van der Waals surface area contributed by atoms with Crippen molar-refractivity contribution in [1.82, 2.24) is 10.2 Å². The molecule has 0 saturated carbocycles. The van der Waals surface area contributed by atoms with Crippen LogP contribution in [0.4, 0.5) is 0 Å². The van der Waals surface area contributed by atoms with Crippen LogP contribution in [0.5, 0.6) is 0 Å². The van der Waals surface area contributed by atoms with Crippen LogP contribution >= 0.6 is 0 Å². The number of carbonyl (C=O) groups is 1. The third-order valence-corrected chi connectivity index (χ3v) is 4.03. The minimum absolute atomic E-state index is 0.0514. The highest BCUT2D eigenvalue weighted by Gasteiger charge is 2.29. The number of morpholine rings is 1. The van der Waals surface area contributed by atoms with Gasteiger partial charge in [-0.1, -0.05) is 34.6 Å². The third-order valence-electron chi connectivity index (χ3n) is 4.03. The second-order valence-corrected chi connectivity index (χ2v) is 7.52. The zero-order chi connectivity index (χ0) is 16.0. The average Bonchev–Trinajstić information content (AvgIpc) is 2.41. The summed E-state index contributed by atoms with van der Waals surface area (Å²) in [5, 5.41) is 3.05. The fraction of sp³-hybridized carbons (Fsp3) is 0.938. The van der Waals surface area contributed by atoms with Crippen LogP contribution in [0.2, 0.25) is 0 Å². The van der Waals surface area contributed by atoms with E-state index in [1.54, 1.807) is 0 Å². The molecular formula is C16H33N3O2. The summed E-state index contributed by atoms with van der Waals surface area (Å²) in [7, 11) is 0. The van der Waals surface area contributed by atoms with Gasteiger partial charge in [0.1, 0.15) is 0 Å². The maximum Gasteiger partial charge on any atom is 0.237 e. The van der Waals surface area contributed by atoms with E-state index < -0.39 is 6.04 Å². The minimum atomic E-state index is -0.470. The van der Waals surface area contributed by atoms with Gasteiger partial charge in [-0.05, 0) is 17.8 Å². The molecule has 0 aliphatic carbocycles. The molecule has 0 aromatic carbocycles. The number of ether oxygens (including phenoxy) is 1. The zero-order valence-corrected chi connectivity index (χ0v) is 14.3. The van der Waals surface area contributed by atoms with Gasteiger partial charge in [-0.3, -0.25) is 9.69 Å². The maximum atomic E-state index is 12.2. The molecule has 0 aromatic rings. The summed E-state index contributed by atoms with van der Waals surface area (Å²) in [6.07, 6.45) is 1.07. The molecule has 1 saturated heterocycles. The molecule has 1 fully saturated rings. The molecule has 21 heavy (non-hydrogen) atoms. The molecule has 0 spiro atoms. The third kappa shape index (κ3) is 6.32. The van der Waals surface area contributed by atoms with Gasteiger partial charge in [0.2, 0.25) is 5.91 Å². The van der Waals surface area contributed by atoms with Gasteiger partial charge in [0.15, 0.2) is 0 Å². The van der Waals surface area contributed by atoms with E-state index in [-0.39, 0.29) is 11.3 Å². The number of nitrogens with zero attached hydrogens (tertiary/aromatic N) is 1. The van der Waals surface area contributed by atoms with Crippen LogP contribution in [-0.2, 0) is 9.53 Å². The van der Waals surface area contributed by atoms with Crippen molar-refractivity contribution >= 4 is 5.91 Å². The van der Waals surface area contributed by atoms with Crippen LogP contribution < -0.4 is 11.1 Å². The molecule has 1 unspecified atom stereocenters. The van der Waals surface area contributed by atoms with Gasteiger partial charge >= 0.3 is 0 Å². The number of nitrogens with one attached hydrogen (secondary N) is 1. The number of hydrogen-bond donors (Lipinski definition) is 2.